The molecule has 0 aromatic carbocycles. The summed E-state index contributed by atoms with van der Waals surface area (Å²) in [4.78, 5) is 16.0. The van der Waals surface area contributed by atoms with Gasteiger partial charge in [0.05, 0.1) is 0 Å². The molecule has 1 aromatic heterocycles. The average Bonchev–Trinajstić information content (AvgIpc) is 2.81. The number of rotatable bonds is 9. The number of nitrogens with zero attached hydrogens (tertiary/aromatic N) is 2. The van der Waals surface area contributed by atoms with Gasteiger partial charge in [-0.2, -0.15) is 0 Å². The molecule has 1 heterocycles. The molecule has 0 amide bonds. The molecule has 17 heavy (non-hydrogen) atoms. The summed E-state index contributed by atoms with van der Waals surface area (Å²) in [5, 5.41) is 0. The van der Waals surface area contributed by atoms with Gasteiger partial charge in [0.2, 0.25) is 0 Å². The van der Waals surface area contributed by atoms with Gasteiger partial charge >= 0.3 is 0 Å². The van der Waals surface area contributed by atoms with Crippen molar-refractivity contribution in [1.82, 2.24) is 9.55 Å². The minimum atomic E-state index is 0.187. The molecule has 96 valence electrons. The van der Waals surface area contributed by atoms with E-state index in [2.05, 4.69) is 11.9 Å². The molecular formula is C14H24N2O. The topological polar surface area (TPSA) is 34.9 Å². The minimum absolute atomic E-state index is 0.187. The minimum Gasteiger partial charge on any atom is -0.329 e. The van der Waals surface area contributed by atoms with Crippen molar-refractivity contribution in [2.75, 3.05) is 0 Å². The third kappa shape index (κ3) is 4.72. The molecule has 0 saturated heterocycles. The highest BCUT2D eigenvalue weighted by molar-refractivity contribution is 5.92. The van der Waals surface area contributed by atoms with E-state index >= 15 is 0 Å². The molecule has 0 N–H and O–H groups in total. The van der Waals surface area contributed by atoms with Crippen molar-refractivity contribution in [2.45, 2.75) is 65.3 Å². The van der Waals surface area contributed by atoms with Gasteiger partial charge < -0.3 is 4.57 Å². The Hall–Kier alpha value is -1.12. The van der Waals surface area contributed by atoms with Gasteiger partial charge in [-0.05, 0) is 13.3 Å². The first-order valence-electron chi connectivity index (χ1n) is 6.84. The molecule has 0 fully saturated rings. The van der Waals surface area contributed by atoms with Crippen LogP contribution in [-0.4, -0.2) is 15.3 Å². The monoisotopic (exact) mass is 236 g/mol. The van der Waals surface area contributed by atoms with E-state index in [1.54, 1.807) is 6.20 Å². The van der Waals surface area contributed by atoms with Gasteiger partial charge in [0, 0.05) is 25.4 Å². The van der Waals surface area contributed by atoms with Crippen LogP contribution in [0.3, 0.4) is 0 Å². The second kappa shape index (κ2) is 8.04. The molecule has 0 bridgehead atoms. The van der Waals surface area contributed by atoms with Gasteiger partial charge in [-0.25, -0.2) is 4.98 Å². The summed E-state index contributed by atoms with van der Waals surface area (Å²) in [6.07, 6.45) is 11.5. The van der Waals surface area contributed by atoms with E-state index in [0.717, 1.165) is 13.0 Å². The summed E-state index contributed by atoms with van der Waals surface area (Å²) < 4.78 is 1.92. The van der Waals surface area contributed by atoms with Gasteiger partial charge in [0.25, 0.3) is 0 Å². The Bertz CT molecular complexity index is 331. The highest BCUT2D eigenvalue weighted by atomic mass is 16.1. The first kappa shape index (κ1) is 13.9. The third-order valence-corrected chi connectivity index (χ3v) is 3.06. The fraction of sp³-hybridized carbons (Fsp3) is 0.714. The van der Waals surface area contributed by atoms with Crippen molar-refractivity contribution in [3.63, 3.8) is 0 Å². The maximum absolute atomic E-state index is 11.9. The second-order valence-corrected chi connectivity index (χ2v) is 4.48. The molecule has 1 rings (SSSR count). The van der Waals surface area contributed by atoms with Gasteiger partial charge in [0.15, 0.2) is 11.6 Å². The third-order valence-electron chi connectivity index (χ3n) is 3.06. The average molecular weight is 236 g/mol. The van der Waals surface area contributed by atoms with Crippen molar-refractivity contribution in [3.8, 4) is 0 Å². The maximum Gasteiger partial charge on any atom is 0.198 e. The molecule has 1 aromatic rings. The highest BCUT2D eigenvalue weighted by Gasteiger charge is 2.10. The van der Waals surface area contributed by atoms with E-state index in [4.69, 9.17) is 0 Å². The van der Waals surface area contributed by atoms with Crippen LogP contribution in [0.15, 0.2) is 12.4 Å². The maximum atomic E-state index is 11.9. The SMILES string of the molecule is CCCCCCCCC(=O)c1nccn1CC. The lowest BCUT2D eigenvalue weighted by atomic mass is 10.1. The second-order valence-electron chi connectivity index (χ2n) is 4.48. The Morgan fingerprint density at radius 2 is 1.88 bits per heavy atom. The van der Waals surface area contributed by atoms with Crippen molar-refractivity contribution >= 4 is 5.78 Å². The van der Waals surface area contributed by atoms with Crippen LogP contribution in [0.5, 0.6) is 0 Å². The molecule has 0 aliphatic heterocycles. The number of ketones is 1. The number of aromatic nitrogens is 2. The fourth-order valence-corrected chi connectivity index (χ4v) is 1.99. The summed E-state index contributed by atoms with van der Waals surface area (Å²) in [6.45, 7) is 5.06. The van der Waals surface area contributed by atoms with Crippen molar-refractivity contribution in [1.29, 1.82) is 0 Å². The molecule has 0 unspecified atom stereocenters. The Morgan fingerprint density at radius 3 is 2.59 bits per heavy atom. The fourth-order valence-electron chi connectivity index (χ4n) is 1.99. The first-order valence-corrected chi connectivity index (χ1v) is 6.84. The zero-order valence-corrected chi connectivity index (χ0v) is 11.1. The quantitative estimate of drug-likeness (QED) is 0.482. The Morgan fingerprint density at radius 1 is 1.18 bits per heavy atom. The lowest BCUT2D eigenvalue weighted by Gasteiger charge is -2.03. The van der Waals surface area contributed by atoms with E-state index in [0.29, 0.717) is 12.2 Å². The Kier molecular flexibility index (Phi) is 6.60. The molecule has 0 atom stereocenters. The number of hydrogen-bond acceptors (Lipinski definition) is 2. The standard InChI is InChI=1S/C14H24N2O/c1-3-5-6-7-8-9-10-13(17)14-15-11-12-16(14)4-2/h11-12H,3-10H2,1-2H3. The van der Waals surface area contributed by atoms with Gasteiger partial charge in [0.1, 0.15) is 0 Å². The largest absolute Gasteiger partial charge is 0.329 e. The summed E-state index contributed by atoms with van der Waals surface area (Å²) in [5.41, 5.74) is 0. The molecule has 0 aliphatic carbocycles. The number of Topliss-reactive ketones (excluding diaryl/α,β-unsaturated/α-hetero) is 1. The van der Waals surface area contributed by atoms with Crippen LogP contribution in [0, 0.1) is 0 Å². The number of imidazole rings is 1. The lowest BCUT2D eigenvalue weighted by molar-refractivity contribution is 0.0965. The van der Waals surface area contributed by atoms with E-state index in [1.165, 1.54) is 32.1 Å². The van der Waals surface area contributed by atoms with Crippen LogP contribution in [0.25, 0.3) is 0 Å². The smallest absolute Gasteiger partial charge is 0.198 e. The molecule has 0 spiro atoms. The van der Waals surface area contributed by atoms with Crippen molar-refractivity contribution in [2.24, 2.45) is 0 Å². The van der Waals surface area contributed by atoms with Gasteiger partial charge in [-0.15, -0.1) is 0 Å². The molecule has 3 nitrogen and oxygen atoms in total. The zero-order valence-electron chi connectivity index (χ0n) is 11.1. The van der Waals surface area contributed by atoms with E-state index in [1.807, 2.05) is 17.7 Å². The number of aryl methyl sites for hydroxylation is 1. The number of unbranched alkanes of at least 4 members (excludes halogenated alkanes) is 5. The highest BCUT2D eigenvalue weighted by Crippen LogP contribution is 2.10. The number of carbonyl (C=O) groups excluding carboxylic acids is 1. The summed E-state index contributed by atoms with van der Waals surface area (Å²) in [6, 6.07) is 0. The van der Waals surface area contributed by atoms with Crippen LogP contribution in [0.1, 0.15) is 69.4 Å². The van der Waals surface area contributed by atoms with Crippen LogP contribution in [-0.2, 0) is 6.54 Å². The van der Waals surface area contributed by atoms with E-state index < -0.39 is 0 Å². The first-order chi connectivity index (χ1) is 8.29. The van der Waals surface area contributed by atoms with Gasteiger partial charge in [-0.3, -0.25) is 4.79 Å². The summed E-state index contributed by atoms with van der Waals surface area (Å²) in [5.74, 6) is 0.813. The predicted octanol–water partition coefficient (Wildman–Crippen LogP) is 3.84. The number of carbonyl (C=O) groups is 1. The van der Waals surface area contributed by atoms with Gasteiger partial charge in [-0.1, -0.05) is 39.0 Å². The predicted molar refractivity (Wildman–Crippen MR) is 70.2 cm³/mol. The van der Waals surface area contributed by atoms with Crippen molar-refractivity contribution < 1.29 is 4.79 Å². The van der Waals surface area contributed by atoms with Crippen LogP contribution < -0.4 is 0 Å². The van der Waals surface area contributed by atoms with E-state index in [9.17, 15) is 4.79 Å². The zero-order chi connectivity index (χ0) is 12.5. The Balaban J connectivity index is 2.21. The molecular weight excluding hydrogens is 212 g/mol. The summed E-state index contributed by atoms with van der Waals surface area (Å²) in [7, 11) is 0. The van der Waals surface area contributed by atoms with E-state index in [-0.39, 0.29) is 5.78 Å². The molecule has 0 aliphatic rings. The van der Waals surface area contributed by atoms with Crippen LogP contribution in [0.4, 0.5) is 0 Å². The lowest BCUT2D eigenvalue weighted by Crippen LogP contribution is -2.09. The molecule has 0 saturated carbocycles. The van der Waals surface area contributed by atoms with Crippen LogP contribution in [0.2, 0.25) is 0 Å². The van der Waals surface area contributed by atoms with Crippen molar-refractivity contribution in [3.05, 3.63) is 18.2 Å². The number of hydrogen-bond donors (Lipinski definition) is 0. The summed E-state index contributed by atoms with van der Waals surface area (Å²) >= 11 is 0. The normalized spacial score (nSPS) is 10.7. The molecule has 0 radical (unpaired) electrons. The Labute approximate surface area is 104 Å². The van der Waals surface area contributed by atoms with Crippen LogP contribution >= 0.6 is 0 Å². The molecule has 3 heteroatoms.